The predicted octanol–water partition coefficient (Wildman–Crippen LogP) is 4.00. The van der Waals surface area contributed by atoms with Crippen LogP contribution in [-0.2, 0) is 17.8 Å². The van der Waals surface area contributed by atoms with Gasteiger partial charge in [-0.1, -0.05) is 36.4 Å². The van der Waals surface area contributed by atoms with E-state index in [0.717, 1.165) is 43.8 Å². The van der Waals surface area contributed by atoms with Crippen LogP contribution in [0.3, 0.4) is 0 Å². The highest BCUT2D eigenvalue weighted by Gasteiger charge is 2.22. The molecule has 1 aliphatic heterocycles. The number of rotatable bonds is 7. The Morgan fingerprint density at radius 3 is 2.61 bits per heavy atom. The van der Waals surface area contributed by atoms with Gasteiger partial charge in [0.05, 0.1) is 6.42 Å². The molecular weight excluding hydrogens is 372 g/mol. The van der Waals surface area contributed by atoms with Gasteiger partial charge in [-0.2, -0.15) is 0 Å². The first-order valence-electron chi connectivity index (χ1n) is 9.84. The van der Waals surface area contributed by atoms with E-state index < -0.39 is 0 Å². The van der Waals surface area contributed by atoms with Gasteiger partial charge in [-0.3, -0.25) is 4.79 Å². The Hall–Kier alpha value is -2.04. The first-order valence-corrected chi connectivity index (χ1v) is 9.84. The normalized spacial score (nSPS) is 14.4. The van der Waals surface area contributed by atoms with Crippen LogP contribution in [0.15, 0.2) is 48.5 Å². The molecule has 0 aromatic heterocycles. The van der Waals surface area contributed by atoms with Crippen molar-refractivity contribution in [2.45, 2.75) is 32.8 Å². The molecule has 0 unspecified atom stereocenters. The number of hydrogen-bond donors (Lipinski definition) is 1. The second-order valence-corrected chi connectivity index (χ2v) is 7.42. The molecule has 0 spiro atoms. The number of nitrogens with one attached hydrogen (secondary N) is 1. The van der Waals surface area contributed by atoms with Crippen LogP contribution in [0.2, 0.25) is 0 Å². The van der Waals surface area contributed by atoms with Crippen molar-refractivity contribution in [2.24, 2.45) is 5.92 Å². The number of aryl methyl sites for hydroxylation is 1. The van der Waals surface area contributed by atoms with Crippen molar-refractivity contribution in [3.63, 3.8) is 0 Å². The zero-order valence-electron chi connectivity index (χ0n) is 16.8. The summed E-state index contributed by atoms with van der Waals surface area (Å²) in [6.45, 7) is 5.42. The van der Waals surface area contributed by atoms with E-state index in [1.165, 1.54) is 11.1 Å². The number of carbonyl (C=O) groups excluding carboxylic acids is 1. The number of amides is 1. The van der Waals surface area contributed by atoms with Crippen LogP contribution < -0.4 is 10.1 Å². The van der Waals surface area contributed by atoms with E-state index in [9.17, 15) is 4.79 Å². The number of likely N-dealkylation sites (tertiary alicyclic amines) is 1. The van der Waals surface area contributed by atoms with Gasteiger partial charge in [-0.15, -0.1) is 12.4 Å². The average Bonchev–Trinajstić information content (AvgIpc) is 2.68. The smallest absolute Gasteiger partial charge is 0.226 e. The van der Waals surface area contributed by atoms with Gasteiger partial charge in [0.25, 0.3) is 0 Å². The minimum atomic E-state index is 0. The van der Waals surface area contributed by atoms with Crippen LogP contribution in [0.5, 0.6) is 5.75 Å². The Morgan fingerprint density at radius 1 is 1.14 bits per heavy atom. The highest BCUT2D eigenvalue weighted by Crippen LogP contribution is 2.20. The van der Waals surface area contributed by atoms with Gasteiger partial charge >= 0.3 is 0 Å². The van der Waals surface area contributed by atoms with Gasteiger partial charge in [-0.25, -0.2) is 0 Å². The second kappa shape index (κ2) is 11.1. The first-order chi connectivity index (χ1) is 13.2. The number of nitrogens with zero attached hydrogens (tertiary/aromatic N) is 1. The van der Waals surface area contributed by atoms with Gasteiger partial charge in [0, 0.05) is 13.1 Å². The summed E-state index contributed by atoms with van der Waals surface area (Å²) >= 11 is 0. The van der Waals surface area contributed by atoms with Crippen molar-refractivity contribution in [3.8, 4) is 5.75 Å². The molecule has 1 heterocycles. The minimum Gasteiger partial charge on any atom is -0.489 e. The molecule has 3 rings (SSSR count). The summed E-state index contributed by atoms with van der Waals surface area (Å²) in [5.41, 5.74) is 3.42. The molecule has 0 atom stereocenters. The van der Waals surface area contributed by atoms with Gasteiger partial charge in [0.2, 0.25) is 5.91 Å². The van der Waals surface area contributed by atoms with Crippen LogP contribution in [-0.4, -0.2) is 37.5 Å². The summed E-state index contributed by atoms with van der Waals surface area (Å²) in [4.78, 5) is 14.6. The molecule has 152 valence electrons. The van der Waals surface area contributed by atoms with E-state index in [4.69, 9.17) is 4.74 Å². The summed E-state index contributed by atoms with van der Waals surface area (Å²) in [5, 5.41) is 3.24. The van der Waals surface area contributed by atoms with Gasteiger partial charge in [0.15, 0.2) is 0 Å². The lowest BCUT2D eigenvalue weighted by Gasteiger charge is -2.32. The fraction of sp³-hybridized carbons (Fsp3) is 0.435. The zero-order valence-corrected chi connectivity index (χ0v) is 17.6. The number of ether oxygens (including phenoxy) is 1. The Labute approximate surface area is 174 Å². The minimum absolute atomic E-state index is 0. The fourth-order valence-electron chi connectivity index (χ4n) is 3.64. The van der Waals surface area contributed by atoms with Crippen molar-refractivity contribution in [1.82, 2.24) is 10.2 Å². The summed E-state index contributed by atoms with van der Waals surface area (Å²) in [7, 11) is 1.99. The topological polar surface area (TPSA) is 41.6 Å². The second-order valence-electron chi connectivity index (χ2n) is 7.42. The molecule has 2 aromatic carbocycles. The van der Waals surface area contributed by atoms with Crippen molar-refractivity contribution in [3.05, 3.63) is 65.2 Å². The third-order valence-electron chi connectivity index (χ3n) is 5.37. The zero-order chi connectivity index (χ0) is 19.1. The largest absolute Gasteiger partial charge is 0.489 e. The monoisotopic (exact) mass is 402 g/mol. The molecule has 5 heteroatoms. The number of benzene rings is 2. The Balaban J connectivity index is 0.00000280. The van der Waals surface area contributed by atoms with Crippen LogP contribution in [0, 0.1) is 12.8 Å². The molecule has 0 bridgehead atoms. The Morgan fingerprint density at radius 2 is 1.89 bits per heavy atom. The molecule has 28 heavy (non-hydrogen) atoms. The number of carbonyl (C=O) groups is 1. The third kappa shape index (κ3) is 6.25. The highest BCUT2D eigenvalue weighted by molar-refractivity contribution is 5.85. The van der Waals surface area contributed by atoms with Crippen LogP contribution in [0.25, 0.3) is 0 Å². The molecular formula is C23H31ClN2O2. The lowest BCUT2D eigenvalue weighted by Crippen LogP contribution is -2.41. The predicted molar refractivity (Wildman–Crippen MR) is 116 cm³/mol. The summed E-state index contributed by atoms with van der Waals surface area (Å²) in [5.74, 6) is 1.72. The highest BCUT2D eigenvalue weighted by atomic mass is 35.5. The fourth-order valence-corrected chi connectivity index (χ4v) is 3.64. The third-order valence-corrected chi connectivity index (χ3v) is 5.37. The summed E-state index contributed by atoms with van der Waals surface area (Å²) in [6.07, 6.45) is 2.62. The maximum absolute atomic E-state index is 12.6. The molecule has 1 aliphatic rings. The number of piperidine rings is 1. The number of hydrogen-bond acceptors (Lipinski definition) is 3. The molecule has 2 aromatic rings. The van der Waals surface area contributed by atoms with E-state index in [0.29, 0.717) is 18.9 Å². The van der Waals surface area contributed by atoms with E-state index in [1.54, 1.807) is 0 Å². The van der Waals surface area contributed by atoms with Crippen molar-refractivity contribution in [2.75, 3.05) is 26.7 Å². The molecule has 0 aliphatic carbocycles. The summed E-state index contributed by atoms with van der Waals surface area (Å²) < 4.78 is 5.95. The first kappa shape index (κ1) is 22.3. The van der Waals surface area contributed by atoms with E-state index in [1.807, 2.05) is 48.3 Å². The van der Waals surface area contributed by atoms with Crippen molar-refractivity contribution in [1.29, 1.82) is 0 Å². The molecule has 0 saturated carbocycles. The van der Waals surface area contributed by atoms with Gasteiger partial charge in [0.1, 0.15) is 12.4 Å². The quantitative estimate of drug-likeness (QED) is 0.761. The van der Waals surface area contributed by atoms with Gasteiger partial charge in [-0.05, 0) is 68.1 Å². The van der Waals surface area contributed by atoms with Gasteiger partial charge < -0.3 is 15.0 Å². The standard InChI is InChI=1S/C23H30N2O2.ClH/c1-18-6-3-4-8-21(18)17-27-22-9-5-7-20(14-22)15-23(26)25-12-10-19(11-13-25)16-24-2;/h3-9,14,19,24H,10-13,15-17H2,1-2H3;1H. The van der Waals surface area contributed by atoms with E-state index >= 15 is 0 Å². The van der Waals surface area contributed by atoms with Crippen molar-refractivity contribution < 1.29 is 9.53 Å². The Bertz CT molecular complexity index is 758. The molecule has 4 nitrogen and oxygen atoms in total. The molecule has 0 radical (unpaired) electrons. The van der Waals surface area contributed by atoms with E-state index in [2.05, 4.69) is 24.4 Å². The van der Waals surface area contributed by atoms with E-state index in [-0.39, 0.29) is 18.3 Å². The van der Waals surface area contributed by atoms with Crippen LogP contribution >= 0.6 is 12.4 Å². The van der Waals surface area contributed by atoms with Crippen molar-refractivity contribution >= 4 is 18.3 Å². The molecule has 1 fully saturated rings. The number of halogens is 1. The maximum Gasteiger partial charge on any atom is 0.226 e. The van der Waals surface area contributed by atoms with Crippen LogP contribution in [0.1, 0.15) is 29.5 Å². The SMILES string of the molecule is CNCC1CCN(C(=O)Cc2cccc(OCc3ccccc3C)c2)CC1.Cl. The van der Waals surface area contributed by atoms with Crippen LogP contribution in [0.4, 0.5) is 0 Å². The maximum atomic E-state index is 12.6. The molecule has 1 N–H and O–H groups in total. The average molecular weight is 403 g/mol. The molecule has 1 saturated heterocycles. The lowest BCUT2D eigenvalue weighted by atomic mass is 9.96. The molecule has 1 amide bonds. The lowest BCUT2D eigenvalue weighted by molar-refractivity contribution is -0.131. The summed E-state index contributed by atoms with van der Waals surface area (Å²) in [6, 6.07) is 16.2. The Kier molecular flexibility index (Phi) is 8.81.